The molecule has 3 aromatic heterocycles. The Labute approximate surface area is 217 Å². The number of likely N-dealkylation sites (N-methyl/N-ethyl adjacent to an activating group) is 1. The molecule has 4 aromatic rings. The van der Waals surface area contributed by atoms with Crippen LogP contribution in [0.15, 0.2) is 91.7 Å². The van der Waals surface area contributed by atoms with Crippen molar-refractivity contribution in [3.8, 4) is 11.4 Å². The third-order valence-electron chi connectivity index (χ3n) is 6.24. The van der Waals surface area contributed by atoms with Crippen molar-refractivity contribution >= 4 is 22.0 Å². The summed E-state index contributed by atoms with van der Waals surface area (Å²) in [6.45, 7) is 15.6. The summed E-state index contributed by atoms with van der Waals surface area (Å²) < 4.78 is 13.5. The van der Waals surface area contributed by atoms with Gasteiger partial charge < -0.3 is 10.3 Å². The van der Waals surface area contributed by atoms with E-state index in [4.69, 9.17) is 0 Å². The molecule has 3 heterocycles. The maximum Gasteiger partial charge on any atom is 0.123 e. The van der Waals surface area contributed by atoms with Crippen molar-refractivity contribution in [2.45, 2.75) is 20.8 Å². The van der Waals surface area contributed by atoms with Crippen LogP contribution in [0.5, 0.6) is 0 Å². The molecule has 5 nitrogen and oxygen atoms in total. The molecule has 0 saturated carbocycles. The molecular formula is C31H32FN5. The van der Waals surface area contributed by atoms with Gasteiger partial charge in [-0.2, -0.15) is 5.10 Å². The van der Waals surface area contributed by atoms with E-state index in [9.17, 15) is 4.39 Å². The minimum Gasteiger partial charge on any atom is -0.357 e. The summed E-state index contributed by atoms with van der Waals surface area (Å²) in [7, 11) is 0. The lowest BCUT2D eigenvalue weighted by Gasteiger charge is -2.07. The molecule has 0 aliphatic rings. The van der Waals surface area contributed by atoms with Crippen LogP contribution in [0.3, 0.4) is 0 Å². The standard InChI is InChI=1S/C31H32FN5/c1-6-10-25(23-11-13-24(32)14-12-23)26-16-29(35-20(26)5)31-27-17-28(34-19-30(27)36-37-31)22(8-3)15-21(7-2)18-33-9-4/h6-8,10-17,19,33,35H,1-2,9,18H2,3-5H3,(H,36,37)/b21-15+,22-8+,25-10-. The van der Waals surface area contributed by atoms with Crippen molar-refractivity contribution < 1.29 is 4.39 Å². The second-order valence-corrected chi connectivity index (χ2v) is 8.68. The van der Waals surface area contributed by atoms with Gasteiger partial charge in [-0.25, -0.2) is 4.39 Å². The summed E-state index contributed by atoms with van der Waals surface area (Å²) in [6.07, 6.45) is 11.5. The van der Waals surface area contributed by atoms with Crippen LogP contribution < -0.4 is 5.32 Å². The molecule has 0 spiro atoms. The van der Waals surface area contributed by atoms with E-state index in [1.54, 1.807) is 18.2 Å². The molecule has 0 atom stereocenters. The van der Waals surface area contributed by atoms with Crippen LogP contribution in [0.4, 0.5) is 4.39 Å². The number of aryl methyl sites for hydroxylation is 1. The number of hydrogen-bond donors (Lipinski definition) is 3. The third kappa shape index (κ3) is 5.60. The molecule has 0 aliphatic heterocycles. The molecule has 3 N–H and O–H groups in total. The van der Waals surface area contributed by atoms with Gasteiger partial charge in [0, 0.05) is 23.2 Å². The number of halogens is 1. The molecule has 0 bridgehead atoms. The van der Waals surface area contributed by atoms with Gasteiger partial charge in [0.1, 0.15) is 11.5 Å². The molecule has 4 rings (SSSR count). The van der Waals surface area contributed by atoms with Gasteiger partial charge in [-0.1, -0.05) is 56.5 Å². The van der Waals surface area contributed by atoms with Gasteiger partial charge in [0.05, 0.1) is 23.1 Å². The highest BCUT2D eigenvalue weighted by Crippen LogP contribution is 2.33. The van der Waals surface area contributed by atoms with Crippen LogP contribution in [-0.4, -0.2) is 33.3 Å². The van der Waals surface area contributed by atoms with Crippen molar-refractivity contribution in [2.75, 3.05) is 13.1 Å². The third-order valence-corrected chi connectivity index (χ3v) is 6.24. The van der Waals surface area contributed by atoms with E-state index in [-0.39, 0.29) is 5.82 Å². The van der Waals surface area contributed by atoms with Crippen LogP contribution in [-0.2, 0) is 0 Å². The quantitative estimate of drug-likeness (QED) is 0.206. The molecule has 0 radical (unpaired) electrons. The van der Waals surface area contributed by atoms with Crippen LogP contribution in [0, 0.1) is 12.7 Å². The van der Waals surface area contributed by atoms with Gasteiger partial charge in [0.25, 0.3) is 0 Å². The lowest BCUT2D eigenvalue weighted by Crippen LogP contribution is -2.15. The Morgan fingerprint density at radius 2 is 1.95 bits per heavy atom. The number of allylic oxidation sites excluding steroid dienone is 5. The predicted molar refractivity (Wildman–Crippen MR) is 153 cm³/mol. The predicted octanol–water partition coefficient (Wildman–Crippen LogP) is 7.14. The summed E-state index contributed by atoms with van der Waals surface area (Å²) in [5.41, 5.74) is 9.35. The second kappa shape index (κ2) is 11.6. The lowest BCUT2D eigenvalue weighted by atomic mass is 9.97. The first-order valence-corrected chi connectivity index (χ1v) is 12.3. The topological polar surface area (TPSA) is 69.4 Å². The molecule has 0 aliphatic carbocycles. The maximum absolute atomic E-state index is 13.5. The summed E-state index contributed by atoms with van der Waals surface area (Å²) in [4.78, 5) is 8.16. The largest absolute Gasteiger partial charge is 0.357 e. The van der Waals surface area contributed by atoms with Crippen LogP contribution in [0.2, 0.25) is 0 Å². The van der Waals surface area contributed by atoms with Crippen LogP contribution in [0.1, 0.15) is 36.4 Å². The van der Waals surface area contributed by atoms with E-state index in [1.807, 2.05) is 32.2 Å². The van der Waals surface area contributed by atoms with E-state index >= 15 is 0 Å². The molecule has 0 fully saturated rings. The van der Waals surface area contributed by atoms with Crippen molar-refractivity contribution in [3.63, 3.8) is 0 Å². The Balaban J connectivity index is 1.76. The van der Waals surface area contributed by atoms with E-state index < -0.39 is 0 Å². The number of rotatable bonds is 10. The molecule has 0 amide bonds. The number of benzene rings is 1. The smallest absolute Gasteiger partial charge is 0.123 e. The van der Waals surface area contributed by atoms with Crippen molar-refractivity contribution in [3.05, 3.63) is 120 Å². The fourth-order valence-corrected chi connectivity index (χ4v) is 4.29. The number of nitrogens with zero attached hydrogens (tertiary/aromatic N) is 2. The summed E-state index contributed by atoms with van der Waals surface area (Å²) >= 11 is 0. The van der Waals surface area contributed by atoms with E-state index in [0.29, 0.717) is 0 Å². The average molecular weight is 494 g/mol. The number of fused-ring (bicyclic) bond motifs is 1. The SMILES string of the molecule is C=C/C=C(/c1ccc(F)cc1)c1cc(-c2n[nH]c3cnc(C(/C=C(\C=C)CNCC)=C/C)cc23)[nH]c1C. The van der Waals surface area contributed by atoms with Crippen molar-refractivity contribution in [2.24, 2.45) is 0 Å². The zero-order valence-corrected chi connectivity index (χ0v) is 21.5. The molecule has 0 unspecified atom stereocenters. The molecule has 37 heavy (non-hydrogen) atoms. The van der Waals surface area contributed by atoms with E-state index in [2.05, 4.69) is 69.8 Å². The highest BCUT2D eigenvalue weighted by atomic mass is 19.1. The number of hydrogen-bond acceptors (Lipinski definition) is 3. The van der Waals surface area contributed by atoms with Gasteiger partial charge in [-0.15, -0.1) is 0 Å². The first-order valence-electron chi connectivity index (χ1n) is 12.3. The van der Waals surface area contributed by atoms with Gasteiger partial charge in [-0.3, -0.25) is 10.1 Å². The van der Waals surface area contributed by atoms with Crippen LogP contribution in [0.25, 0.3) is 33.4 Å². The minimum absolute atomic E-state index is 0.266. The molecule has 6 heteroatoms. The Kier molecular flexibility index (Phi) is 8.11. The molecule has 0 saturated heterocycles. The number of H-pyrrole nitrogens is 2. The van der Waals surface area contributed by atoms with E-state index in [1.165, 1.54) is 12.1 Å². The second-order valence-electron chi connectivity index (χ2n) is 8.68. The number of nitrogens with one attached hydrogen (secondary N) is 3. The Hall–Kier alpha value is -4.29. The highest BCUT2D eigenvalue weighted by Gasteiger charge is 2.17. The van der Waals surface area contributed by atoms with Crippen molar-refractivity contribution in [1.29, 1.82) is 0 Å². The number of aromatic amines is 2. The van der Waals surface area contributed by atoms with Crippen LogP contribution >= 0.6 is 0 Å². The Bertz CT molecular complexity index is 1510. The number of aromatic nitrogens is 4. The monoisotopic (exact) mass is 493 g/mol. The fraction of sp³-hybridized carbons (Fsp3) is 0.161. The van der Waals surface area contributed by atoms with Gasteiger partial charge >= 0.3 is 0 Å². The first-order chi connectivity index (χ1) is 18.0. The summed E-state index contributed by atoms with van der Waals surface area (Å²) in [5, 5.41) is 12.0. The van der Waals surface area contributed by atoms with Gasteiger partial charge in [-0.05, 0) is 73.0 Å². The number of pyridine rings is 1. The maximum atomic E-state index is 13.5. The van der Waals surface area contributed by atoms with Crippen molar-refractivity contribution in [1.82, 2.24) is 25.5 Å². The first kappa shape index (κ1) is 25.8. The Morgan fingerprint density at radius 1 is 1.16 bits per heavy atom. The van der Waals surface area contributed by atoms with Gasteiger partial charge in [0.15, 0.2) is 0 Å². The highest BCUT2D eigenvalue weighted by molar-refractivity contribution is 5.95. The zero-order valence-electron chi connectivity index (χ0n) is 21.5. The molecule has 188 valence electrons. The lowest BCUT2D eigenvalue weighted by molar-refractivity contribution is 0.627. The Morgan fingerprint density at radius 3 is 2.62 bits per heavy atom. The minimum atomic E-state index is -0.266. The summed E-state index contributed by atoms with van der Waals surface area (Å²) in [6, 6.07) is 10.6. The average Bonchev–Trinajstić information content (AvgIpc) is 3.51. The van der Waals surface area contributed by atoms with E-state index in [0.717, 1.165) is 74.6 Å². The normalized spacial score (nSPS) is 12.8. The molecular weight excluding hydrogens is 461 g/mol. The molecule has 1 aromatic carbocycles. The van der Waals surface area contributed by atoms with Gasteiger partial charge in [0.2, 0.25) is 0 Å². The zero-order chi connectivity index (χ0) is 26.4. The summed E-state index contributed by atoms with van der Waals surface area (Å²) in [5.74, 6) is -0.266. The fourth-order valence-electron chi connectivity index (χ4n) is 4.29.